The maximum absolute atomic E-state index is 14.3. The van der Waals surface area contributed by atoms with Crippen molar-refractivity contribution in [2.24, 2.45) is 5.41 Å². The first-order valence-corrected chi connectivity index (χ1v) is 10.4. The van der Waals surface area contributed by atoms with Crippen LogP contribution in [0.15, 0.2) is 24.3 Å². The number of halogens is 2. The summed E-state index contributed by atoms with van der Waals surface area (Å²) in [4.78, 5) is 0. The van der Waals surface area contributed by atoms with E-state index in [1.807, 2.05) is 6.07 Å². The predicted octanol–water partition coefficient (Wildman–Crippen LogP) is 5.04. The molecule has 0 N–H and O–H groups in total. The second kappa shape index (κ2) is 5.86. The smallest absolute Gasteiger partial charge is 0.135 e. The minimum Gasteiger partial charge on any atom is -0.206 e. The fourth-order valence-electron chi connectivity index (χ4n) is 5.23. The lowest BCUT2D eigenvalue weighted by Crippen LogP contribution is -2.36. The Kier molecular flexibility index (Phi) is 3.72. The van der Waals surface area contributed by atoms with Gasteiger partial charge in [0.2, 0.25) is 0 Å². The van der Waals surface area contributed by atoms with Crippen LogP contribution >= 0.6 is 11.3 Å². The maximum Gasteiger partial charge on any atom is 0.135 e. The summed E-state index contributed by atoms with van der Waals surface area (Å²) in [5, 5.41) is 19.6. The third-order valence-electron chi connectivity index (χ3n) is 6.74. The summed E-state index contributed by atoms with van der Waals surface area (Å²) in [7, 11) is 0. The van der Waals surface area contributed by atoms with Gasteiger partial charge in [-0.15, -0.1) is 26.6 Å². The molecule has 1 fully saturated rings. The molecule has 1 saturated carbocycles. The Morgan fingerprint density at radius 1 is 1.11 bits per heavy atom. The molecule has 2 aliphatic rings. The Morgan fingerprint density at radius 3 is 2.54 bits per heavy atom. The second-order valence-electron chi connectivity index (χ2n) is 8.20. The number of hydrogen-bond donors (Lipinski definition) is 0. The van der Waals surface area contributed by atoms with E-state index in [9.17, 15) is 8.78 Å². The van der Waals surface area contributed by atoms with Gasteiger partial charge in [-0.3, -0.25) is 0 Å². The van der Waals surface area contributed by atoms with Crippen molar-refractivity contribution >= 4 is 11.3 Å². The third-order valence-corrected chi connectivity index (χ3v) is 7.96. The van der Waals surface area contributed by atoms with E-state index >= 15 is 0 Å². The summed E-state index contributed by atoms with van der Waals surface area (Å²) in [6.07, 6.45) is 2.78. The summed E-state index contributed by atoms with van der Waals surface area (Å²) in [5.41, 5.74) is 1.62. The number of aromatic nitrogens is 4. The van der Waals surface area contributed by atoms with Gasteiger partial charge >= 0.3 is 0 Å². The molecule has 5 rings (SSSR count). The highest BCUT2D eigenvalue weighted by atomic mass is 32.1. The first kappa shape index (κ1) is 17.8. The minimum atomic E-state index is -0.622. The van der Waals surface area contributed by atoms with Crippen LogP contribution in [0, 0.1) is 17.0 Å². The van der Waals surface area contributed by atoms with E-state index in [1.165, 1.54) is 18.2 Å². The van der Waals surface area contributed by atoms with E-state index in [4.69, 9.17) is 0 Å². The van der Waals surface area contributed by atoms with Gasteiger partial charge in [-0.05, 0) is 54.4 Å². The molecule has 1 aromatic carbocycles. The van der Waals surface area contributed by atoms with Crippen molar-refractivity contribution in [1.82, 2.24) is 20.4 Å². The van der Waals surface area contributed by atoms with E-state index in [0.717, 1.165) is 40.5 Å². The number of fused-ring (bicyclic) bond motifs is 5. The highest BCUT2D eigenvalue weighted by molar-refractivity contribution is 7.11. The average molecular weight is 398 g/mol. The number of nitrogens with zero attached hydrogens (tertiary/aromatic N) is 4. The fourth-order valence-corrected chi connectivity index (χ4v) is 6.40. The third kappa shape index (κ3) is 2.08. The van der Waals surface area contributed by atoms with Gasteiger partial charge in [0, 0.05) is 0 Å². The molecule has 2 atom stereocenters. The van der Waals surface area contributed by atoms with Crippen molar-refractivity contribution in [1.29, 1.82) is 0 Å². The van der Waals surface area contributed by atoms with Crippen LogP contribution in [0.4, 0.5) is 8.78 Å². The molecule has 0 spiro atoms. The summed E-state index contributed by atoms with van der Waals surface area (Å²) in [6, 6.07) is 5.69. The van der Waals surface area contributed by atoms with Crippen molar-refractivity contribution < 1.29 is 8.78 Å². The van der Waals surface area contributed by atoms with Gasteiger partial charge in [0.15, 0.2) is 0 Å². The lowest BCUT2D eigenvalue weighted by atomic mass is 9.69. The number of rotatable bonds is 3. The van der Waals surface area contributed by atoms with Crippen LogP contribution in [-0.2, 0) is 11.8 Å². The topological polar surface area (TPSA) is 51.6 Å². The fraction of sp³-hybridized carbons (Fsp3) is 0.429. The zero-order chi connectivity index (χ0) is 19.7. The van der Waals surface area contributed by atoms with Crippen LogP contribution in [0.3, 0.4) is 0 Å². The number of aryl methyl sites for hydroxylation is 1. The Morgan fingerprint density at radius 2 is 1.86 bits per heavy atom. The summed E-state index contributed by atoms with van der Waals surface area (Å²) in [6.45, 7) is 6.55. The zero-order valence-corrected chi connectivity index (χ0v) is 16.8. The molecule has 3 aromatic rings. The quantitative estimate of drug-likeness (QED) is 0.620. The molecular formula is C21H20F2N4S. The van der Waals surface area contributed by atoms with E-state index in [-0.39, 0.29) is 28.0 Å². The van der Waals surface area contributed by atoms with E-state index < -0.39 is 11.6 Å². The Hall–Kier alpha value is -2.28. The van der Waals surface area contributed by atoms with Crippen LogP contribution in [0.25, 0.3) is 11.3 Å². The summed E-state index contributed by atoms with van der Waals surface area (Å²) in [5.74, 6) is -0.994. The van der Waals surface area contributed by atoms with E-state index in [2.05, 4.69) is 41.2 Å². The molecule has 2 heterocycles. The lowest BCUT2D eigenvalue weighted by molar-refractivity contribution is 0.246. The van der Waals surface area contributed by atoms with Crippen LogP contribution in [0.1, 0.15) is 60.8 Å². The molecule has 0 saturated heterocycles. The van der Waals surface area contributed by atoms with Crippen LogP contribution in [0.2, 0.25) is 0 Å². The highest BCUT2D eigenvalue weighted by Gasteiger charge is 2.65. The highest BCUT2D eigenvalue weighted by Crippen LogP contribution is 2.70. The zero-order valence-electron chi connectivity index (χ0n) is 16.0. The molecule has 4 nitrogen and oxygen atoms in total. The molecule has 1 unspecified atom stereocenters. The summed E-state index contributed by atoms with van der Waals surface area (Å²) < 4.78 is 28.6. The molecule has 0 radical (unpaired) electrons. The molecule has 144 valence electrons. The predicted molar refractivity (Wildman–Crippen MR) is 103 cm³/mol. The minimum absolute atomic E-state index is 0.110. The van der Waals surface area contributed by atoms with E-state index in [1.54, 1.807) is 11.3 Å². The normalized spacial score (nSPS) is 24.5. The molecule has 0 aliphatic heterocycles. The van der Waals surface area contributed by atoms with Gasteiger partial charge in [-0.2, -0.15) is 5.10 Å². The molecule has 2 aliphatic carbocycles. The second-order valence-corrected chi connectivity index (χ2v) is 9.27. The Bertz CT molecular complexity index is 1070. The first-order chi connectivity index (χ1) is 13.4. The van der Waals surface area contributed by atoms with Crippen LogP contribution < -0.4 is 0 Å². The van der Waals surface area contributed by atoms with E-state index in [0.29, 0.717) is 0 Å². The molecular weight excluding hydrogens is 378 g/mol. The summed E-state index contributed by atoms with van der Waals surface area (Å²) >= 11 is 1.64. The van der Waals surface area contributed by atoms with Gasteiger partial charge in [0.1, 0.15) is 21.6 Å². The van der Waals surface area contributed by atoms with Crippen molar-refractivity contribution in [2.75, 3.05) is 0 Å². The number of benzene rings is 1. The van der Waals surface area contributed by atoms with Gasteiger partial charge in [0.25, 0.3) is 0 Å². The average Bonchev–Trinajstić information content (AvgIpc) is 3.30. The van der Waals surface area contributed by atoms with Gasteiger partial charge in [0.05, 0.1) is 22.4 Å². The maximum atomic E-state index is 14.3. The first-order valence-electron chi connectivity index (χ1n) is 9.55. The van der Waals surface area contributed by atoms with Crippen molar-refractivity contribution in [3.63, 3.8) is 0 Å². The molecule has 28 heavy (non-hydrogen) atoms. The van der Waals surface area contributed by atoms with Gasteiger partial charge in [-0.25, -0.2) is 8.78 Å². The van der Waals surface area contributed by atoms with Crippen molar-refractivity contribution in [3.8, 4) is 11.3 Å². The monoisotopic (exact) mass is 398 g/mol. The molecule has 0 amide bonds. The molecule has 7 heteroatoms. The standard InChI is InChI=1S/C21H20F2N4S/c1-4-16-25-27-19(28-16)21-9-8-12(20(21,2)3)11-10-15(24-26-18(11)21)17-13(22)6-5-7-14(17)23/h5-7,10,12H,4,8-9H2,1-3H3/t12-,21?/m0/s1. The molecule has 2 bridgehead atoms. The van der Waals surface area contributed by atoms with Gasteiger partial charge in [-0.1, -0.05) is 26.8 Å². The van der Waals surface area contributed by atoms with Crippen LogP contribution in [-0.4, -0.2) is 20.4 Å². The Balaban J connectivity index is 1.71. The molecule has 2 aromatic heterocycles. The van der Waals surface area contributed by atoms with Crippen molar-refractivity contribution in [2.45, 2.75) is 51.4 Å². The SMILES string of the molecule is CCc1nnc(C23CC[C@@H](c4cc(-c5c(F)cccc5F)nnc42)C3(C)C)s1. The lowest BCUT2D eigenvalue weighted by Gasteiger charge is -2.35. The van der Waals surface area contributed by atoms with Gasteiger partial charge < -0.3 is 0 Å². The number of hydrogen-bond acceptors (Lipinski definition) is 5. The van der Waals surface area contributed by atoms with Crippen molar-refractivity contribution in [3.05, 3.63) is 57.2 Å². The largest absolute Gasteiger partial charge is 0.206 e. The Labute approximate surface area is 166 Å². The van der Waals surface area contributed by atoms with Crippen LogP contribution in [0.5, 0.6) is 0 Å².